The number of esters is 2. The van der Waals surface area contributed by atoms with Gasteiger partial charge in [0.25, 0.3) is 0 Å². The van der Waals surface area contributed by atoms with Gasteiger partial charge in [-0.05, 0) is 48.9 Å². The molecule has 0 heterocycles. The molecule has 0 aromatic heterocycles. The lowest BCUT2D eigenvalue weighted by Gasteiger charge is -2.14. The van der Waals surface area contributed by atoms with Gasteiger partial charge in [0.15, 0.2) is 0 Å². The van der Waals surface area contributed by atoms with Gasteiger partial charge < -0.3 is 9.47 Å². The zero-order valence-corrected chi connectivity index (χ0v) is 14.9. The molecule has 1 aromatic rings. The summed E-state index contributed by atoms with van der Waals surface area (Å²) in [5, 5.41) is 0. The molecular formula is C19H28O4. The van der Waals surface area contributed by atoms with Gasteiger partial charge in [0, 0.05) is 0 Å². The smallest absolute Gasteiger partial charge is 0.339 e. The number of carbonyl (C=O) groups is 2. The molecule has 1 rings (SSSR count). The predicted molar refractivity (Wildman–Crippen MR) is 90.9 cm³/mol. The fourth-order valence-electron chi connectivity index (χ4n) is 2.18. The van der Waals surface area contributed by atoms with Crippen LogP contribution in [0.2, 0.25) is 0 Å². The molecule has 0 saturated carbocycles. The summed E-state index contributed by atoms with van der Waals surface area (Å²) in [4.78, 5) is 24.7. The number of ether oxygens (including phenoxy) is 2. The minimum atomic E-state index is -0.462. The van der Waals surface area contributed by atoms with E-state index in [2.05, 4.69) is 0 Å². The van der Waals surface area contributed by atoms with E-state index in [1.54, 1.807) is 12.1 Å². The fraction of sp³-hybridized carbons (Fsp3) is 0.579. The molecule has 0 aliphatic heterocycles. The maximum absolute atomic E-state index is 12.4. The summed E-state index contributed by atoms with van der Waals surface area (Å²) >= 11 is 0. The lowest BCUT2D eigenvalue weighted by Crippen LogP contribution is -2.17. The number of hydrogen-bond donors (Lipinski definition) is 0. The van der Waals surface area contributed by atoms with E-state index in [-0.39, 0.29) is 5.92 Å². The number of aryl methyl sites for hydroxylation is 2. The van der Waals surface area contributed by atoms with Crippen molar-refractivity contribution in [1.29, 1.82) is 0 Å². The SMILES string of the molecule is CCCCOC(=O)c1cc(C)c(CC)cc1C(=O)OCC(C)C. The van der Waals surface area contributed by atoms with Gasteiger partial charge in [-0.2, -0.15) is 0 Å². The van der Waals surface area contributed by atoms with Crippen LogP contribution in [0.15, 0.2) is 12.1 Å². The first kappa shape index (κ1) is 19.2. The van der Waals surface area contributed by atoms with Crippen molar-refractivity contribution >= 4 is 11.9 Å². The molecule has 0 unspecified atom stereocenters. The van der Waals surface area contributed by atoms with Crippen LogP contribution in [0.3, 0.4) is 0 Å². The fourth-order valence-corrected chi connectivity index (χ4v) is 2.18. The lowest BCUT2D eigenvalue weighted by atomic mass is 9.97. The van der Waals surface area contributed by atoms with Crippen LogP contribution < -0.4 is 0 Å². The molecule has 0 aliphatic rings. The van der Waals surface area contributed by atoms with Crippen LogP contribution in [0, 0.1) is 12.8 Å². The third-order valence-electron chi connectivity index (χ3n) is 3.58. The van der Waals surface area contributed by atoms with Crippen LogP contribution in [0.5, 0.6) is 0 Å². The second kappa shape index (κ2) is 9.33. The van der Waals surface area contributed by atoms with E-state index in [4.69, 9.17) is 9.47 Å². The standard InChI is InChI=1S/C19H28O4/c1-6-8-9-22-18(20)16-10-14(5)15(7-2)11-17(16)19(21)23-12-13(3)4/h10-11,13H,6-9,12H2,1-5H3. The van der Waals surface area contributed by atoms with E-state index in [0.717, 1.165) is 30.4 Å². The summed E-state index contributed by atoms with van der Waals surface area (Å²) in [6.07, 6.45) is 2.55. The second-order valence-electron chi connectivity index (χ2n) is 6.16. The van der Waals surface area contributed by atoms with Crippen LogP contribution in [0.1, 0.15) is 72.4 Å². The quantitative estimate of drug-likeness (QED) is 0.528. The molecule has 0 atom stereocenters. The Morgan fingerprint density at radius 2 is 1.65 bits per heavy atom. The Morgan fingerprint density at radius 1 is 1.04 bits per heavy atom. The van der Waals surface area contributed by atoms with Crippen molar-refractivity contribution in [1.82, 2.24) is 0 Å². The molecule has 0 spiro atoms. The first-order valence-corrected chi connectivity index (χ1v) is 8.38. The zero-order chi connectivity index (χ0) is 17.4. The molecule has 0 amide bonds. The van der Waals surface area contributed by atoms with Crippen molar-refractivity contribution in [2.24, 2.45) is 5.92 Å². The van der Waals surface area contributed by atoms with Gasteiger partial charge in [0.05, 0.1) is 24.3 Å². The Bertz CT molecular complexity index is 547. The molecule has 0 bridgehead atoms. The summed E-state index contributed by atoms with van der Waals surface area (Å²) in [7, 11) is 0. The largest absolute Gasteiger partial charge is 0.462 e. The third kappa shape index (κ3) is 5.70. The van der Waals surface area contributed by atoms with Gasteiger partial charge in [-0.3, -0.25) is 0 Å². The van der Waals surface area contributed by atoms with Gasteiger partial charge in [-0.25, -0.2) is 9.59 Å². The third-order valence-corrected chi connectivity index (χ3v) is 3.58. The zero-order valence-electron chi connectivity index (χ0n) is 14.9. The average Bonchev–Trinajstić information content (AvgIpc) is 2.52. The molecule has 0 aliphatic carbocycles. The Balaban J connectivity index is 3.08. The summed E-state index contributed by atoms with van der Waals surface area (Å²) < 4.78 is 10.6. The van der Waals surface area contributed by atoms with Gasteiger partial charge in [-0.1, -0.05) is 34.1 Å². The highest BCUT2D eigenvalue weighted by Gasteiger charge is 2.21. The van der Waals surface area contributed by atoms with Crippen LogP contribution in [0.4, 0.5) is 0 Å². The van der Waals surface area contributed by atoms with Gasteiger partial charge >= 0.3 is 11.9 Å². The van der Waals surface area contributed by atoms with E-state index in [1.165, 1.54) is 0 Å². The molecule has 0 radical (unpaired) electrons. The van der Waals surface area contributed by atoms with E-state index >= 15 is 0 Å². The first-order valence-electron chi connectivity index (χ1n) is 8.38. The van der Waals surface area contributed by atoms with Crippen molar-refractivity contribution in [3.8, 4) is 0 Å². The van der Waals surface area contributed by atoms with Crippen molar-refractivity contribution < 1.29 is 19.1 Å². The molecule has 0 saturated heterocycles. The monoisotopic (exact) mass is 320 g/mol. The molecule has 1 aromatic carbocycles. The van der Waals surface area contributed by atoms with Crippen molar-refractivity contribution in [2.45, 2.75) is 53.9 Å². The topological polar surface area (TPSA) is 52.6 Å². The molecular weight excluding hydrogens is 292 g/mol. The lowest BCUT2D eigenvalue weighted by molar-refractivity contribution is 0.0428. The van der Waals surface area contributed by atoms with Crippen LogP contribution in [-0.4, -0.2) is 25.2 Å². The van der Waals surface area contributed by atoms with Crippen LogP contribution >= 0.6 is 0 Å². The summed E-state index contributed by atoms with van der Waals surface area (Å²) in [5.41, 5.74) is 2.61. The van der Waals surface area contributed by atoms with Crippen molar-refractivity contribution in [3.63, 3.8) is 0 Å². The van der Waals surface area contributed by atoms with Crippen molar-refractivity contribution in [3.05, 3.63) is 34.4 Å². The Labute approximate surface area is 139 Å². The van der Waals surface area contributed by atoms with Gasteiger partial charge in [-0.15, -0.1) is 0 Å². The highest BCUT2D eigenvalue weighted by molar-refractivity contribution is 6.03. The summed E-state index contributed by atoms with van der Waals surface area (Å²) in [6.45, 7) is 10.6. The highest BCUT2D eigenvalue weighted by Crippen LogP contribution is 2.20. The van der Waals surface area contributed by atoms with Gasteiger partial charge in [0.2, 0.25) is 0 Å². The molecule has 128 valence electrons. The molecule has 0 N–H and O–H groups in total. The van der Waals surface area contributed by atoms with E-state index in [0.29, 0.717) is 24.3 Å². The number of carbonyl (C=O) groups excluding carboxylic acids is 2. The predicted octanol–water partition coefficient (Wildman–Crippen LogP) is 4.33. The van der Waals surface area contributed by atoms with Gasteiger partial charge in [0.1, 0.15) is 0 Å². The number of hydrogen-bond acceptors (Lipinski definition) is 4. The molecule has 23 heavy (non-hydrogen) atoms. The molecule has 4 heteroatoms. The number of unbranched alkanes of at least 4 members (excludes halogenated alkanes) is 1. The molecule has 4 nitrogen and oxygen atoms in total. The number of benzene rings is 1. The Morgan fingerprint density at radius 3 is 2.22 bits per heavy atom. The molecule has 0 fully saturated rings. The maximum Gasteiger partial charge on any atom is 0.339 e. The minimum absolute atomic E-state index is 0.245. The Kier molecular flexibility index (Phi) is 7.79. The highest BCUT2D eigenvalue weighted by atomic mass is 16.5. The summed E-state index contributed by atoms with van der Waals surface area (Å²) in [6, 6.07) is 3.49. The van der Waals surface area contributed by atoms with Crippen LogP contribution in [-0.2, 0) is 15.9 Å². The van der Waals surface area contributed by atoms with Crippen LogP contribution in [0.25, 0.3) is 0 Å². The van der Waals surface area contributed by atoms with E-state index < -0.39 is 11.9 Å². The number of rotatable bonds is 8. The maximum atomic E-state index is 12.4. The Hall–Kier alpha value is -1.84. The first-order chi connectivity index (χ1) is 10.9. The minimum Gasteiger partial charge on any atom is -0.462 e. The van der Waals surface area contributed by atoms with E-state index in [9.17, 15) is 9.59 Å². The van der Waals surface area contributed by atoms with Crippen molar-refractivity contribution in [2.75, 3.05) is 13.2 Å². The average molecular weight is 320 g/mol. The second-order valence-corrected chi connectivity index (χ2v) is 6.16. The normalized spacial score (nSPS) is 10.7. The summed E-state index contributed by atoms with van der Waals surface area (Å²) in [5.74, 6) is -0.674. The van der Waals surface area contributed by atoms with E-state index in [1.807, 2.05) is 34.6 Å².